The summed E-state index contributed by atoms with van der Waals surface area (Å²) in [6.07, 6.45) is 2.85. The number of rotatable bonds is 4. The first-order valence-corrected chi connectivity index (χ1v) is 5.14. The third-order valence-corrected chi connectivity index (χ3v) is 2.75. The highest BCUT2D eigenvalue weighted by Crippen LogP contribution is 2.23. The molecule has 0 amide bonds. The highest BCUT2D eigenvalue weighted by molar-refractivity contribution is 4.83. The molecule has 1 N–H and O–H groups in total. The Hall–Kier alpha value is -0.0800. The van der Waals surface area contributed by atoms with Crippen LogP contribution in [-0.2, 0) is 4.74 Å². The Kier molecular flexibility index (Phi) is 4.02. The molecule has 1 aliphatic rings. The van der Waals surface area contributed by atoms with E-state index in [1.165, 1.54) is 12.8 Å². The van der Waals surface area contributed by atoms with Gasteiger partial charge in [-0.3, -0.25) is 0 Å². The maximum atomic E-state index is 5.71. The van der Waals surface area contributed by atoms with Gasteiger partial charge in [0, 0.05) is 12.6 Å². The lowest BCUT2D eigenvalue weighted by Crippen LogP contribution is -2.41. The van der Waals surface area contributed by atoms with Crippen LogP contribution in [0.15, 0.2) is 0 Å². The minimum Gasteiger partial charge on any atom is -0.376 e. The van der Waals surface area contributed by atoms with Gasteiger partial charge in [0.25, 0.3) is 0 Å². The number of likely N-dealkylation sites (N-methyl/N-ethyl adjacent to an activating group) is 1. The van der Waals surface area contributed by atoms with E-state index in [9.17, 15) is 0 Å². The molecule has 0 bridgehead atoms. The van der Waals surface area contributed by atoms with Crippen molar-refractivity contribution in [2.45, 2.75) is 45.8 Å². The maximum Gasteiger partial charge on any atom is 0.0754 e. The molecule has 1 heterocycles. The fraction of sp³-hybridized carbons (Fsp3) is 1.00. The van der Waals surface area contributed by atoms with Gasteiger partial charge in [0.15, 0.2) is 0 Å². The van der Waals surface area contributed by atoms with E-state index in [2.05, 4.69) is 26.1 Å². The van der Waals surface area contributed by atoms with E-state index >= 15 is 0 Å². The topological polar surface area (TPSA) is 21.3 Å². The van der Waals surface area contributed by atoms with Crippen molar-refractivity contribution in [1.82, 2.24) is 5.32 Å². The minimum absolute atomic E-state index is 0.454. The van der Waals surface area contributed by atoms with Gasteiger partial charge in [-0.05, 0) is 25.3 Å². The van der Waals surface area contributed by atoms with Crippen molar-refractivity contribution in [1.29, 1.82) is 0 Å². The Labute approximate surface area is 75.7 Å². The molecule has 0 aromatic heterocycles. The zero-order chi connectivity index (χ0) is 8.97. The fourth-order valence-corrected chi connectivity index (χ4v) is 1.99. The third kappa shape index (κ3) is 2.20. The second kappa shape index (κ2) is 4.83. The molecule has 3 unspecified atom stereocenters. The van der Waals surface area contributed by atoms with Crippen LogP contribution in [0.2, 0.25) is 0 Å². The molecule has 1 aliphatic heterocycles. The molecule has 0 saturated carbocycles. The van der Waals surface area contributed by atoms with E-state index in [1.54, 1.807) is 0 Å². The van der Waals surface area contributed by atoms with E-state index in [4.69, 9.17) is 4.74 Å². The molecule has 2 nitrogen and oxygen atoms in total. The van der Waals surface area contributed by atoms with Gasteiger partial charge in [0.05, 0.1) is 6.10 Å². The average Bonchev–Trinajstić information content (AvgIpc) is 2.47. The summed E-state index contributed by atoms with van der Waals surface area (Å²) in [4.78, 5) is 0. The molecular formula is C10H21NO. The van der Waals surface area contributed by atoms with Crippen molar-refractivity contribution in [3.05, 3.63) is 0 Å². The molecule has 12 heavy (non-hydrogen) atoms. The molecule has 0 radical (unpaired) electrons. The standard InChI is InChI=1S/C10H21NO/c1-4-9(11-5-2)10-8(3)6-7-12-10/h8-11H,4-7H2,1-3H3. The van der Waals surface area contributed by atoms with Crippen molar-refractivity contribution in [2.75, 3.05) is 13.2 Å². The summed E-state index contributed by atoms with van der Waals surface area (Å²) in [7, 11) is 0. The molecule has 0 spiro atoms. The predicted molar refractivity (Wildman–Crippen MR) is 51.3 cm³/mol. The van der Waals surface area contributed by atoms with Gasteiger partial charge in [-0.25, -0.2) is 0 Å². The second-order valence-corrected chi connectivity index (χ2v) is 3.67. The van der Waals surface area contributed by atoms with Gasteiger partial charge >= 0.3 is 0 Å². The Morgan fingerprint density at radius 3 is 2.67 bits per heavy atom. The first-order valence-electron chi connectivity index (χ1n) is 5.14. The van der Waals surface area contributed by atoms with Gasteiger partial charge < -0.3 is 10.1 Å². The zero-order valence-electron chi connectivity index (χ0n) is 8.47. The Morgan fingerprint density at radius 1 is 1.50 bits per heavy atom. The lowest BCUT2D eigenvalue weighted by molar-refractivity contribution is 0.0603. The average molecular weight is 171 g/mol. The van der Waals surface area contributed by atoms with E-state index in [-0.39, 0.29) is 0 Å². The zero-order valence-corrected chi connectivity index (χ0v) is 8.47. The Morgan fingerprint density at radius 2 is 2.25 bits per heavy atom. The molecule has 2 heteroatoms. The van der Waals surface area contributed by atoms with Crippen LogP contribution in [0.4, 0.5) is 0 Å². The summed E-state index contributed by atoms with van der Waals surface area (Å²) < 4.78 is 5.71. The van der Waals surface area contributed by atoms with Crippen molar-refractivity contribution >= 4 is 0 Å². The third-order valence-electron chi connectivity index (χ3n) is 2.75. The molecule has 1 rings (SSSR count). The summed E-state index contributed by atoms with van der Waals surface area (Å²) in [5.74, 6) is 0.731. The summed E-state index contributed by atoms with van der Waals surface area (Å²) in [5.41, 5.74) is 0. The van der Waals surface area contributed by atoms with Crippen molar-refractivity contribution in [2.24, 2.45) is 5.92 Å². The number of ether oxygens (including phenoxy) is 1. The van der Waals surface area contributed by atoms with E-state index in [1.807, 2.05) is 0 Å². The first kappa shape index (κ1) is 10.0. The second-order valence-electron chi connectivity index (χ2n) is 3.67. The normalized spacial score (nSPS) is 32.2. The van der Waals surface area contributed by atoms with Crippen LogP contribution in [0, 0.1) is 5.92 Å². The van der Waals surface area contributed by atoms with Crippen LogP contribution in [0.3, 0.4) is 0 Å². The van der Waals surface area contributed by atoms with Gasteiger partial charge in [-0.1, -0.05) is 20.8 Å². The number of hydrogen-bond donors (Lipinski definition) is 1. The van der Waals surface area contributed by atoms with Crippen LogP contribution in [0.1, 0.15) is 33.6 Å². The van der Waals surface area contributed by atoms with E-state index in [0.29, 0.717) is 12.1 Å². The van der Waals surface area contributed by atoms with Gasteiger partial charge in [0.2, 0.25) is 0 Å². The minimum atomic E-state index is 0.454. The van der Waals surface area contributed by atoms with Crippen LogP contribution in [0.25, 0.3) is 0 Å². The van der Waals surface area contributed by atoms with Crippen LogP contribution >= 0.6 is 0 Å². The van der Waals surface area contributed by atoms with Gasteiger partial charge in [0.1, 0.15) is 0 Å². The van der Waals surface area contributed by atoms with Gasteiger partial charge in [-0.15, -0.1) is 0 Å². The first-order chi connectivity index (χ1) is 5.79. The summed E-state index contributed by atoms with van der Waals surface area (Å²) >= 11 is 0. The van der Waals surface area contributed by atoms with E-state index < -0.39 is 0 Å². The molecule has 72 valence electrons. The number of nitrogens with one attached hydrogen (secondary N) is 1. The lowest BCUT2D eigenvalue weighted by atomic mass is 9.96. The molecular weight excluding hydrogens is 150 g/mol. The fourth-order valence-electron chi connectivity index (χ4n) is 1.99. The Balaban J connectivity index is 2.41. The predicted octanol–water partition coefficient (Wildman–Crippen LogP) is 1.80. The summed E-state index contributed by atoms with van der Waals surface area (Å²) in [6.45, 7) is 8.67. The monoisotopic (exact) mass is 171 g/mol. The van der Waals surface area contributed by atoms with Crippen LogP contribution < -0.4 is 5.32 Å². The number of hydrogen-bond acceptors (Lipinski definition) is 2. The lowest BCUT2D eigenvalue weighted by Gasteiger charge is -2.25. The van der Waals surface area contributed by atoms with E-state index in [0.717, 1.165) is 19.1 Å². The molecule has 0 aromatic carbocycles. The Bertz CT molecular complexity index is 127. The highest BCUT2D eigenvalue weighted by atomic mass is 16.5. The molecule has 1 saturated heterocycles. The summed E-state index contributed by atoms with van der Waals surface area (Å²) in [6, 6.07) is 0.562. The quantitative estimate of drug-likeness (QED) is 0.696. The summed E-state index contributed by atoms with van der Waals surface area (Å²) in [5, 5.41) is 3.48. The largest absolute Gasteiger partial charge is 0.376 e. The van der Waals surface area contributed by atoms with Gasteiger partial charge in [-0.2, -0.15) is 0 Å². The molecule has 1 fully saturated rings. The van der Waals surface area contributed by atoms with Crippen LogP contribution in [-0.4, -0.2) is 25.3 Å². The van der Waals surface area contributed by atoms with Crippen molar-refractivity contribution in [3.63, 3.8) is 0 Å². The van der Waals surface area contributed by atoms with Crippen molar-refractivity contribution in [3.8, 4) is 0 Å². The smallest absolute Gasteiger partial charge is 0.0754 e. The van der Waals surface area contributed by atoms with Crippen molar-refractivity contribution < 1.29 is 4.74 Å². The SMILES string of the molecule is CCNC(CC)C1OCCC1C. The molecule has 0 aliphatic carbocycles. The maximum absolute atomic E-state index is 5.71. The van der Waals surface area contributed by atoms with Crippen LogP contribution in [0.5, 0.6) is 0 Å². The molecule has 3 atom stereocenters. The molecule has 0 aromatic rings. The highest BCUT2D eigenvalue weighted by Gasteiger charge is 2.30.